The third-order valence-corrected chi connectivity index (χ3v) is 6.05. The second-order valence-corrected chi connectivity index (χ2v) is 8.81. The van der Waals surface area contributed by atoms with Crippen LogP contribution in [0.25, 0.3) is 0 Å². The van der Waals surface area contributed by atoms with Gasteiger partial charge in [0.25, 0.3) is 0 Å². The minimum Gasteiger partial charge on any atom is -0.494 e. The number of aliphatic carboxylic acids is 1. The Bertz CT molecular complexity index is 816. The van der Waals surface area contributed by atoms with Gasteiger partial charge in [-0.15, -0.1) is 0 Å². The summed E-state index contributed by atoms with van der Waals surface area (Å²) in [5.74, 6) is 0.205. The summed E-state index contributed by atoms with van der Waals surface area (Å²) in [4.78, 5) is 27.5. The number of amides is 1. The molecule has 0 aliphatic carbocycles. The molecule has 0 spiro atoms. The molecule has 7 heteroatoms. The Hall–Kier alpha value is -2.83. The van der Waals surface area contributed by atoms with E-state index in [1.165, 1.54) is 0 Å². The number of carbonyl (C=O) groups excluding carboxylic acids is 1. The van der Waals surface area contributed by atoms with E-state index in [0.29, 0.717) is 13.0 Å². The Kier molecular flexibility index (Phi) is 10.2. The van der Waals surface area contributed by atoms with Crippen molar-refractivity contribution in [1.82, 2.24) is 9.55 Å². The zero-order valence-corrected chi connectivity index (χ0v) is 19.5. The van der Waals surface area contributed by atoms with E-state index in [9.17, 15) is 14.7 Å². The largest absolute Gasteiger partial charge is 0.494 e. The number of unbranched alkanes of at least 4 members (excludes halogenated alkanes) is 2. The third kappa shape index (κ3) is 8.36. The standard InChI is InChI=1S/C25H37N3O4/c1-4-20(25(2,3)24(30)31)9-6-8-18-32-22-13-11-21(12-14-22)27-23(29)10-5-7-16-28-17-15-26-19-28/h11-15,17,19-20H,4-10,16,18H2,1-3H3,(H,27,29)(H,30,31). The molecule has 0 bridgehead atoms. The summed E-state index contributed by atoms with van der Waals surface area (Å²) in [6.07, 6.45) is 11.3. The molecule has 0 radical (unpaired) electrons. The van der Waals surface area contributed by atoms with Crippen LogP contribution in [-0.4, -0.2) is 33.1 Å². The molecule has 176 valence electrons. The number of carboxylic acid groups (broad SMARTS) is 1. The van der Waals surface area contributed by atoms with Gasteiger partial charge in [-0.1, -0.05) is 13.3 Å². The van der Waals surface area contributed by atoms with Crippen molar-refractivity contribution < 1.29 is 19.4 Å². The fourth-order valence-electron chi connectivity index (χ4n) is 3.79. The predicted octanol–water partition coefficient (Wildman–Crippen LogP) is 5.38. The first-order chi connectivity index (χ1) is 15.3. The number of hydrogen-bond donors (Lipinski definition) is 2. The molecule has 0 aliphatic rings. The van der Waals surface area contributed by atoms with Crippen LogP contribution in [0.4, 0.5) is 5.69 Å². The number of rotatable bonds is 15. The number of imidazole rings is 1. The Labute approximate surface area is 191 Å². The number of anilines is 1. The second kappa shape index (κ2) is 12.9. The lowest BCUT2D eigenvalue weighted by Gasteiger charge is -2.29. The van der Waals surface area contributed by atoms with Crippen LogP contribution in [0.5, 0.6) is 5.75 Å². The van der Waals surface area contributed by atoms with Gasteiger partial charge in [-0.25, -0.2) is 4.98 Å². The summed E-state index contributed by atoms with van der Waals surface area (Å²) in [5, 5.41) is 12.3. The van der Waals surface area contributed by atoms with Crippen molar-refractivity contribution in [2.75, 3.05) is 11.9 Å². The zero-order chi connectivity index (χ0) is 23.4. The highest BCUT2D eigenvalue weighted by molar-refractivity contribution is 5.90. The molecule has 1 unspecified atom stereocenters. The molecular weight excluding hydrogens is 406 g/mol. The van der Waals surface area contributed by atoms with Gasteiger partial charge < -0.3 is 19.7 Å². The molecule has 1 heterocycles. The Morgan fingerprint density at radius 3 is 2.53 bits per heavy atom. The molecule has 32 heavy (non-hydrogen) atoms. The van der Waals surface area contributed by atoms with Crippen LogP contribution in [0, 0.1) is 11.3 Å². The monoisotopic (exact) mass is 443 g/mol. The summed E-state index contributed by atoms with van der Waals surface area (Å²) >= 11 is 0. The molecule has 1 amide bonds. The van der Waals surface area contributed by atoms with Gasteiger partial charge in [-0.2, -0.15) is 0 Å². The van der Waals surface area contributed by atoms with E-state index >= 15 is 0 Å². The van der Waals surface area contributed by atoms with E-state index in [4.69, 9.17) is 4.74 Å². The van der Waals surface area contributed by atoms with E-state index in [0.717, 1.165) is 56.5 Å². The molecule has 0 aliphatic heterocycles. The third-order valence-electron chi connectivity index (χ3n) is 6.05. The zero-order valence-electron chi connectivity index (χ0n) is 19.5. The highest BCUT2D eigenvalue weighted by Crippen LogP contribution is 2.33. The van der Waals surface area contributed by atoms with Crippen LogP contribution in [0.1, 0.15) is 65.7 Å². The van der Waals surface area contributed by atoms with Crippen molar-refractivity contribution in [3.8, 4) is 5.75 Å². The van der Waals surface area contributed by atoms with Gasteiger partial charge >= 0.3 is 5.97 Å². The lowest BCUT2D eigenvalue weighted by atomic mass is 9.75. The highest BCUT2D eigenvalue weighted by Gasteiger charge is 2.34. The minimum absolute atomic E-state index is 0.0130. The summed E-state index contributed by atoms with van der Waals surface area (Å²) in [7, 11) is 0. The van der Waals surface area contributed by atoms with Crippen LogP contribution < -0.4 is 10.1 Å². The normalized spacial score (nSPS) is 12.3. The van der Waals surface area contributed by atoms with Crippen LogP contribution in [0.3, 0.4) is 0 Å². The molecule has 0 saturated carbocycles. The van der Waals surface area contributed by atoms with Crippen LogP contribution in [0.2, 0.25) is 0 Å². The van der Waals surface area contributed by atoms with E-state index in [1.54, 1.807) is 12.5 Å². The first-order valence-electron chi connectivity index (χ1n) is 11.5. The second-order valence-electron chi connectivity index (χ2n) is 8.81. The summed E-state index contributed by atoms with van der Waals surface area (Å²) in [6, 6.07) is 7.41. The number of nitrogens with zero attached hydrogens (tertiary/aromatic N) is 2. The number of carboxylic acids is 1. The maximum atomic E-state index is 12.1. The van der Waals surface area contributed by atoms with Gasteiger partial charge in [0, 0.05) is 31.0 Å². The number of ether oxygens (including phenoxy) is 1. The number of carbonyl (C=O) groups is 2. The van der Waals surface area contributed by atoms with E-state index in [1.807, 2.05) is 55.8 Å². The van der Waals surface area contributed by atoms with Gasteiger partial charge in [-0.05, 0) is 76.1 Å². The molecular formula is C25H37N3O4. The Morgan fingerprint density at radius 1 is 1.16 bits per heavy atom. The maximum Gasteiger partial charge on any atom is 0.309 e. The predicted molar refractivity (Wildman–Crippen MR) is 126 cm³/mol. The molecule has 0 saturated heterocycles. The molecule has 2 N–H and O–H groups in total. The summed E-state index contributed by atoms with van der Waals surface area (Å²) < 4.78 is 7.80. The Morgan fingerprint density at radius 2 is 1.91 bits per heavy atom. The smallest absolute Gasteiger partial charge is 0.309 e. The van der Waals surface area contributed by atoms with Crippen molar-refractivity contribution in [2.24, 2.45) is 11.3 Å². The number of hydrogen-bond acceptors (Lipinski definition) is 4. The number of benzene rings is 1. The average Bonchev–Trinajstić information content (AvgIpc) is 3.28. The lowest BCUT2D eigenvalue weighted by Crippen LogP contribution is -2.32. The van der Waals surface area contributed by atoms with Gasteiger partial charge in [-0.3, -0.25) is 9.59 Å². The maximum absolute atomic E-state index is 12.1. The fraction of sp³-hybridized carbons (Fsp3) is 0.560. The van der Waals surface area contributed by atoms with Crippen LogP contribution in [0.15, 0.2) is 43.0 Å². The van der Waals surface area contributed by atoms with E-state index in [-0.39, 0.29) is 11.8 Å². The number of aromatic nitrogens is 2. The first kappa shape index (κ1) is 25.4. The highest BCUT2D eigenvalue weighted by atomic mass is 16.5. The van der Waals surface area contributed by atoms with Gasteiger partial charge in [0.1, 0.15) is 5.75 Å². The molecule has 1 aromatic heterocycles. The number of nitrogens with one attached hydrogen (secondary N) is 1. The van der Waals surface area contributed by atoms with Gasteiger partial charge in [0.05, 0.1) is 18.3 Å². The quantitative estimate of drug-likeness (QED) is 0.361. The summed E-state index contributed by atoms with van der Waals surface area (Å²) in [5.41, 5.74) is 0.0641. The molecule has 1 atom stereocenters. The van der Waals surface area contributed by atoms with Crippen LogP contribution >= 0.6 is 0 Å². The van der Waals surface area contributed by atoms with Crippen LogP contribution in [-0.2, 0) is 16.1 Å². The molecule has 0 fully saturated rings. The van der Waals surface area contributed by atoms with E-state index in [2.05, 4.69) is 10.3 Å². The van der Waals surface area contributed by atoms with E-state index < -0.39 is 11.4 Å². The minimum atomic E-state index is -0.734. The van der Waals surface area contributed by atoms with Crippen molar-refractivity contribution in [3.63, 3.8) is 0 Å². The molecule has 2 rings (SSSR count). The fourth-order valence-corrected chi connectivity index (χ4v) is 3.79. The average molecular weight is 444 g/mol. The van der Waals surface area contributed by atoms with Crippen molar-refractivity contribution >= 4 is 17.6 Å². The van der Waals surface area contributed by atoms with Gasteiger partial charge in [0.15, 0.2) is 0 Å². The molecule has 2 aromatic rings. The first-order valence-corrected chi connectivity index (χ1v) is 11.5. The molecule has 1 aromatic carbocycles. The Balaban J connectivity index is 1.61. The number of aryl methyl sites for hydroxylation is 1. The lowest BCUT2D eigenvalue weighted by molar-refractivity contribution is -0.150. The summed E-state index contributed by atoms with van der Waals surface area (Å²) in [6.45, 7) is 7.12. The van der Waals surface area contributed by atoms with Crippen molar-refractivity contribution in [3.05, 3.63) is 43.0 Å². The topological polar surface area (TPSA) is 93.5 Å². The van der Waals surface area contributed by atoms with Crippen molar-refractivity contribution in [1.29, 1.82) is 0 Å². The van der Waals surface area contributed by atoms with Gasteiger partial charge in [0.2, 0.25) is 5.91 Å². The SMILES string of the molecule is CCC(CCCCOc1ccc(NC(=O)CCCCn2ccnc2)cc1)C(C)(C)C(=O)O. The molecule has 7 nitrogen and oxygen atoms in total. The van der Waals surface area contributed by atoms with Crippen molar-refractivity contribution in [2.45, 2.75) is 72.3 Å².